The molecule has 0 saturated carbocycles. The topological polar surface area (TPSA) is 72.7 Å². The van der Waals surface area contributed by atoms with Gasteiger partial charge in [-0.2, -0.15) is 0 Å². The van der Waals surface area contributed by atoms with Crippen LogP contribution in [0.3, 0.4) is 0 Å². The predicted octanol–water partition coefficient (Wildman–Crippen LogP) is 3.83. The van der Waals surface area contributed by atoms with Crippen molar-refractivity contribution >= 4 is 23.2 Å². The van der Waals surface area contributed by atoms with Crippen molar-refractivity contribution in [2.75, 3.05) is 5.32 Å². The first-order valence-electron chi connectivity index (χ1n) is 7.50. The zero-order valence-corrected chi connectivity index (χ0v) is 14.0. The number of hydrogen-bond donors (Lipinski definition) is 1. The van der Waals surface area contributed by atoms with Gasteiger partial charge >= 0.3 is 0 Å². The molecule has 24 heavy (non-hydrogen) atoms. The Morgan fingerprint density at radius 1 is 1.17 bits per heavy atom. The van der Waals surface area contributed by atoms with Gasteiger partial charge in [0.05, 0.1) is 6.04 Å². The molecule has 1 N–H and O–H groups in total. The molecule has 0 bridgehead atoms. The lowest BCUT2D eigenvalue weighted by molar-refractivity contribution is 0.102. The highest BCUT2D eigenvalue weighted by atomic mass is 35.5. The Morgan fingerprint density at radius 3 is 2.71 bits per heavy atom. The molecule has 7 heteroatoms. The molecule has 0 unspecified atom stereocenters. The van der Waals surface area contributed by atoms with E-state index in [4.69, 9.17) is 11.6 Å². The number of carbonyl (C=O) groups excluding carboxylic acids is 1. The first kappa shape index (κ1) is 16.1. The Morgan fingerprint density at radius 2 is 1.96 bits per heavy atom. The van der Waals surface area contributed by atoms with Crippen LogP contribution in [0.15, 0.2) is 48.5 Å². The van der Waals surface area contributed by atoms with Gasteiger partial charge in [0.1, 0.15) is 0 Å². The summed E-state index contributed by atoms with van der Waals surface area (Å²) in [5.41, 5.74) is 1.95. The Bertz CT molecular complexity index is 875. The van der Waals surface area contributed by atoms with Gasteiger partial charge in [-0.3, -0.25) is 4.79 Å². The number of tetrazole rings is 1. The van der Waals surface area contributed by atoms with Crippen LogP contribution in [-0.4, -0.2) is 26.1 Å². The van der Waals surface area contributed by atoms with Gasteiger partial charge in [-0.05, 0) is 54.6 Å². The maximum atomic E-state index is 12.5. The molecule has 0 spiro atoms. The zero-order valence-electron chi connectivity index (χ0n) is 13.3. The van der Waals surface area contributed by atoms with Crippen LogP contribution in [0.25, 0.3) is 11.4 Å². The van der Waals surface area contributed by atoms with Crippen molar-refractivity contribution in [3.05, 3.63) is 59.1 Å². The third-order valence-corrected chi connectivity index (χ3v) is 3.68. The molecule has 0 radical (unpaired) electrons. The summed E-state index contributed by atoms with van der Waals surface area (Å²) in [6, 6.07) is 14.3. The fourth-order valence-electron chi connectivity index (χ4n) is 2.30. The van der Waals surface area contributed by atoms with Gasteiger partial charge in [-0.1, -0.05) is 29.8 Å². The van der Waals surface area contributed by atoms with Gasteiger partial charge < -0.3 is 5.32 Å². The Balaban J connectivity index is 1.87. The number of nitrogens with zero attached hydrogens (tertiary/aromatic N) is 4. The van der Waals surface area contributed by atoms with Gasteiger partial charge in [-0.15, -0.1) is 5.10 Å². The minimum Gasteiger partial charge on any atom is -0.322 e. The van der Waals surface area contributed by atoms with Crippen LogP contribution >= 0.6 is 11.6 Å². The van der Waals surface area contributed by atoms with Crippen molar-refractivity contribution in [2.24, 2.45) is 0 Å². The van der Waals surface area contributed by atoms with Crippen molar-refractivity contribution < 1.29 is 4.79 Å². The Hall–Kier alpha value is -2.73. The number of rotatable bonds is 4. The van der Waals surface area contributed by atoms with E-state index in [0.717, 1.165) is 5.56 Å². The Kier molecular flexibility index (Phi) is 4.57. The predicted molar refractivity (Wildman–Crippen MR) is 93.0 cm³/mol. The molecule has 3 rings (SSSR count). The monoisotopic (exact) mass is 341 g/mol. The van der Waals surface area contributed by atoms with Gasteiger partial charge in [-0.25, -0.2) is 4.68 Å². The third kappa shape index (κ3) is 3.44. The maximum Gasteiger partial charge on any atom is 0.255 e. The molecule has 1 amide bonds. The highest BCUT2D eigenvalue weighted by molar-refractivity contribution is 6.30. The van der Waals surface area contributed by atoms with E-state index in [1.54, 1.807) is 41.1 Å². The van der Waals surface area contributed by atoms with E-state index in [1.165, 1.54) is 0 Å². The number of hydrogen-bond acceptors (Lipinski definition) is 4. The van der Waals surface area contributed by atoms with E-state index in [0.29, 0.717) is 22.1 Å². The third-order valence-electron chi connectivity index (χ3n) is 3.45. The molecule has 0 atom stereocenters. The average Bonchev–Trinajstić information content (AvgIpc) is 3.05. The summed E-state index contributed by atoms with van der Waals surface area (Å²) < 4.78 is 1.72. The van der Waals surface area contributed by atoms with Crippen LogP contribution in [0.2, 0.25) is 5.02 Å². The Labute approximate surface area is 144 Å². The standard InChI is InChI=1S/C17H16ClN5O/c1-11(2)23-16(20-21-22-23)12-5-3-6-13(9-12)17(24)19-15-8-4-7-14(18)10-15/h3-11H,1-2H3,(H,19,24). The molecule has 122 valence electrons. The fraction of sp³-hybridized carbons (Fsp3) is 0.176. The van der Waals surface area contributed by atoms with Crippen LogP contribution in [0, 0.1) is 0 Å². The number of nitrogens with one attached hydrogen (secondary N) is 1. The van der Waals surface area contributed by atoms with Crippen LogP contribution in [-0.2, 0) is 0 Å². The number of benzene rings is 2. The molecule has 0 aliphatic carbocycles. The largest absolute Gasteiger partial charge is 0.322 e. The van der Waals surface area contributed by atoms with Crippen molar-refractivity contribution in [2.45, 2.75) is 19.9 Å². The lowest BCUT2D eigenvalue weighted by Crippen LogP contribution is -2.12. The van der Waals surface area contributed by atoms with Crippen LogP contribution in [0.5, 0.6) is 0 Å². The molecule has 0 aliphatic rings. The van der Waals surface area contributed by atoms with E-state index in [9.17, 15) is 4.79 Å². The quantitative estimate of drug-likeness (QED) is 0.782. The number of halogens is 1. The van der Waals surface area contributed by atoms with Crippen molar-refractivity contribution in [3.8, 4) is 11.4 Å². The lowest BCUT2D eigenvalue weighted by atomic mass is 10.1. The van der Waals surface area contributed by atoms with Crippen molar-refractivity contribution in [3.63, 3.8) is 0 Å². The normalized spacial score (nSPS) is 10.8. The number of amides is 1. The molecule has 2 aromatic carbocycles. The molecule has 1 heterocycles. The second kappa shape index (κ2) is 6.80. The van der Waals surface area contributed by atoms with Crippen LogP contribution in [0.1, 0.15) is 30.2 Å². The summed E-state index contributed by atoms with van der Waals surface area (Å²) in [6.45, 7) is 3.99. The summed E-state index contributed by atoms with van der Waals surface area (Å²) >= 11 is 5.94. The smallest absolute Gasteiger partial charge is 0.255 e. The lowest BCUT2D eigenvalue weighted by Gasteiger charge is -2.09. The average molecular weight is 342 g/mol. The van der Waals surface area contributed by atoms with Crippen molar-refractivity contribution in [1.29, 1.82) is 0 Å². The van der Waals surface area contributed by atoms with Crippen LogP contribution < -0.4 is 5.32 Å². The summed E-state index contributed by atoms with van der Waals surface area (Å²) in [5.74, 6) is 0.407. The minimum atomic E-state index is -0.220. The first-order valence-corrected chi connectivity index (χ1v) is 7.87. The van der Waals surface area contributed by atoms with E-state index in [1.807, 2.05) is 26.0 Å². The fourth-order valence-corrected chi connectivity index (χ4v) is 2.49. The molecule has 6 nitrogen and oxygen atoms in total. The highest BCUT2D eigenvalue weighted by Crippen LogP contribution is 2.21. The molecule has 0 saturated heterocycles. The molecule has 1 aromatic heterocycles. The van der Waals surface area contributed by atoms with E-state index in [2.05, 4.69) is 20.8 Å². The maximum absolute atomic E-state index is 12.5. The van der Waals surface area contributed by atoms with Gasteiger partial charge in [0.2, 0.25) is 0 Å². The number of carbonyl (C=O) groups is 1. The molecular weight excluding hydrogens is 326 g/mol. The second-order valence-corrected chi connectivity index (χ2v) is 6.02. The SMILES string of the molecule is CC(C)n1nnnc1-c1cccc(C(=O)Nc2cccc(Cl)c2)c1. The molecule has 3 aromatic rings. The molecular formula is C17H16ClN5O. The summed E-state index contributed by atoms with van der Waals surface area (Å²) in [7, 11) is 0. The van der Waals surface area contributed by atoms with E-state index in [-0.39, 0.29) is 11.9 Å². The zero-order chi connectivity index (χ0) is 17.1. The minimum absolute atomic E-state index is 0.124. The van der Waals surface area contributed by atoms with Crippen LogP contribution in [0.4, 0.5) is 5.69 Å². The summed E-state index contributed by atoms with van der Waals surface area (Å²) in [4.78, 5) is 12.5. The van der Waals surface area contributed by atoms with Gasteiger partial charge in [0, 0.05) is 21.8 Å². The van der Waals surface area contributed by atoms with Crippen molar-refractivity contribution in [1.82, 2.24) is 20.2 Å². The van der Waals surface area contributed by atoms with E-state index < -0.39 is 0 Å². The number of aromatic nitrogens is 4. The highest BCUT2D eigenvalue weighted by Gasteiger charge is 2.14. The second-order valence-electron chi connectivity index (χ2n) is 5.59. The number of anilines is 1. The summed E-state index contributed by atoms with van der Waals surface area (Å²) in [6.07, 6.45) is 0. The van der Waals surface area contributed by atoms with E-state index >= 15 is 0 Å². The van der Waals surface area contributed by atoms with Gasteiger partial charge in [0.25, 0.3) is 5.91 Å². The first-order chi connectivity index (χ1) is 11.5. The molecule has 0 aliphatic heterocycles. The molecule has 0 fully saturated rings. The van der Waals surface area contributed by atoms with Gasteiger partial charge in [0.15, 0.2) is 5.82 Å². The summed E-state index contributed by atoms with van der Waals surface area (Å²) in [5, 5.41) is 15.2.